The van der Waals surface area contributed by atoms with E-state index in [1.54, 1.807) is 5.56 Å². The van der Waals surface area contributed by atoms with Crippen molar-refractivity contribution in [2.75, 3.05) is 0 Å². The number of nitrogens with zero attached hydrogens (tertiary/aromatic N) is 1. The molecule has 4 unspecified atom stereocenters. The Morgan fingerprint density at radius 2 is 1.68 bits per heavy atom. The molecule has 3 heteroatoms. The van der Waals surface area contributed by atoms with E-state index in [1.165, 1.54) is 81.0 Å². The molecule has 0 amide bonds. The summed E-state index contributed by atoms with van der Waals surface area (Å²) in [6.07, 6.45) is 15.6. The lowest BCUT2D eigenvalue weighted by molar-refractivity contribution is -0.00627. The van der Waals surface area contributed by atoms with Crippen molar-refractivity contribution in [3.8, 4) is 5.75 Å². The van der Waals surface area contributed by atoms with Crippen LogP contribution in [0.25, 0.3) is 0 Å². The number of hydrogen-bond donors (Lipinski definition) is 2. The molecule has 0 aliphatic heterocycles. The summed E-state index contributed by atoms with van der Waals surface area (Å²) in [5.41, 5.74) is 6.18. The highest BCUT2D eigenvalue weighted by molar-refractivity contribution is 5.92. The van der Waals surface area contributed by atoms with Crippen LogP contribution in [-0.2, 0) is 11.8 Å². The molecule has 1 aromatic carbocycles. The zero-order chi connectivity index (χ0) is 21.0. The maximum absolute atomic E-state index is 11.3. The third-order valence-corrected chi connectivity index (χ3v) is 11.3. The van der Waals surface area contributed by atoms with Gasteiger partial charge in [0, 0.05) is 16.7 Å². The number of phenolic OH excluding ortho intramolecular Hbond substituents is 1. The Labute approximate surface area is 186 Å². The van der Waals surface area contributed by atoms with Crippen molar-refractivity contribution in [1.82, 2.24) is 0 Å². The molecular weight excluding hydrogens is 380 g/mol. The number of hydrazone groups is 1. The third kappa shape index (κ3) is 2.50. The minimum Gasteiger partial charge on any atom is -0.508 e. The smallest absolute Gasteiger partial charge is 0.119 e. The molecule has 31 heavy (non-hydrogen) atoms. The summed E-state index contributed by atoms with van der Waals surface area (Å²) in [7, 11) is 0. The van der Waals surface area contributed by atoms with Gasteiger partial charge < -0.3 is 10.9 Å². The fourth-order valence-electron chi connectivity index (χ4n) is 10.5. The quantitative estimate of drug-likeness (QED) is 0.432. The van der Waals surface area contributed by atoms with Crippen LogP contribution >= 0.6 is 0 Å². The van der Waals surface area contributed by atoms with Crippen molar-refractivity contribution in [3.05, 3.63) is 28.8 Å². The average molecular weight is 419 g/mol. The van der Waals surface area contributed by atoms with Crippen LogP contribution < -0.4 is 5.84 Å². The summed E-state index contributed by atoms with van der Waals surface area (Å²) < 4.78 is 0. The van der Waals surface area contributed by atoms with E-state index in [-0.39, 0.29) is 10.8 Å². The van der Waals surface area contributed by atoms with Gasteiger partial charge in [-0.2, -0.15) is 5.10 Å². The normalized spacial score (nSPS) is 48.5. The first-order valence-electron chi connectivity index (χ1n) is 13.1. The fourth-order valence-corrected chi connectivity index (χ4v) is 10.5. The topological polar surface area (TPSA) is 58.6 Å². The molecule has 0 spiro atoms. The van der Waals surface area contributed by atoms with Crippen molar-refractivity contribution in [1.29, 1.82) is 0 Å². The Morgan fingerprint density at radius 1 is 0.968 bits per heavy atom. The van der Waals surface area contributed by atoms with E-state index in [1.807, 2.05) is 0 Å². The Kier molecular flexibility index (Phi) is 3.86. The van der Waals surface area contributed by atoms with Crippen molar-refractivity contribution in [2.45, 2.75) is 95.3 Å². The van der Waals surface area contributed by atoms with Gasteiger partial charge in [0.1, 0.15) is 5.75 Å². The summed E-state index contributed by atoms with van der Waals surface area (Å²) in [6, 6.07) is 4.75. The number of benzene rings is 1. The molecule has 6 fully saturated rings. The minimum atomic E-state index is 0.229. The number of rotatable bonds is 1. The molecule has 0 saturated heterocycles. The van der Waals surface area contributed by atoms with Crippen LogP contribution in [0.3, 0.4) is 0 Å². The first kappa shape index (κ1) is 19.0. The zero-order valence-corrected chi connectivity index (χ0v) is 19.1. The largest absolute Gasteiger partial charge is 0.508 e. The summed E-state index contributed by atoms with van der Waals surface area (Å²) in [6.45, 7) is 2.44. The van der Waals surface area contributed by atoms with Crippen molar-refractivity contribution in [2.24, 2.45) is 45.9 Å². The molecule has 6 saturated carbocycles. The number of nitrogens with two attached hydrogens (primary N) is 1. The highest BCUT2D eigenvalue weighted by atomic mass is 16.3. The Morgan fingerprint density at radius 3 is 2.35 bits per heavy atom. The van der Waals surface area contributed by atoms with Gasteiger partial charge >= 0.3 is 0 Å². The lowest BCUT2D eigenvalue weighted by atomic mass is 9.47. The first-order chi connectivity index (χ1) is 15.0. The molecule has 4 bridgehead atoms. The molecule has 0 heterocycles. The zero-order valence-electron chi connectivity index (χ0n) is 19.1. The van der Waals surface area contributed by atoms with Gasteiger partial charge in [-0.15, -0.1) is 0 Å². The van der Waals surface area contributed by atoms with E-state index in [9.17, 15) is 5.11 Å². The molecule has 1 aromatic rings. The molecular formula is C28H38N2O. The van der Waals surface area contributed by atoms with Gasteiger partial charge in [-0.3, -0.25) is 0 Å². The van der Waals surface area contributed by atoms with Crippen molar-refractivity contribution >= 4 is 5.71 Å². The lowest BCUT2D eigenvalue weighted by Gasteiger charge is -2.57. The third-order valence-electron chi connectivity index (χ3n) is 11.3. The molecule has 3 nitrogen and oxygen atoms in total. The molecule has 7 aliphatic rings. The predicted molar refractivity (Wildman–Crippen MR) is 124 cm³/mol. The van der Waals surface area contributed by atoms with Crippen LogP contribution in [0.4, 0.5) is 0 Å². The number of hydrogen-bond acceptors (Lipinski definition) is 3. The number of aromatic hydroxyl groups is 1. The Balaban J connectivity index is 1.28. The number of aryl methyl sites for hydroxylation is 1. The number of fused-ring (bicyclic) bond motifs is 5. The van der Waals surface area contributed by atoms with E-state index in [0.29, 0.717) is 11.7 Å². The predicted octanol–water partition coefficient (Wildman–Crippen LogP) is 6.03. The SMILES string of the molecule is CC12CCC3c4cc(C56CC7CC(CC(C7)C5)C6)c(O)cc4CCC3C1CC/C2=N\N. The van der Waals surface area contributed by atoms with Crippen LogP contribution in [0.15, 0.2) is 17.2 Å². The lowest BCUT2D eigenvalue weighted by Crippen LogP contribution is -2.48. The second kappa shape index (κ2) is 6.29. The molecule has 7 aliphatic carbocycles. The second-order valence-corrected chi connectivity index (χ2v) is 12.8. The molecule has 0 aromatic heterocycles. The van der Waals surface area contributed by atoms with Crippen LogP contribution in [0, 0.1) is 35.0 Å². The van der Waals surface area contributed by atoms with E-state index in [4.69, 9.17) is 5.84 Å². The van der Waals surface area contributed by atoms with Crippen LogP contribution in [0.5, 0.6) is 5.75 Å². The molecule has 166 valence electrons. The van der Waals surface area contributed by atoms with Gasteiger partial charge in [-0.05, 0) is 135 Å². The molecule has 0 radical (unpaired) electrons. The molecule has 8 rings (SSSR count). The van der Waals surface area contributed by atoms with Crippen molar-refractivity contribution < 1.29 is 5.11 Å². The highest BCUT2D eigenvalue weighted by Gasteiger charge is 2.55. The van der Waals surface area contributed by atoms with E-state index >= 15 is 0 Å². The number of phenols is 1. The van der Waals surface area contributed by atoms with Gasteiger partial charge in [0.2, 0.25) is 0 Å². The molecule has 4 atom stereocenters. The minimum absolute atomic E-state index is 0.229. The first-order valence-corrected chi connectivity index (χ1v) is 13.1. The second-order valence-electron chi connectivity index (χ2n) is 12.8. The van der Waals surface area contributed by atoms with Gasteiger partial charge in [-0.25, -0.2) is 0 Å². The summed E-state index contributed by atoms with van der Waals surface area (Å²) >= 11 is 0. The Bertz CT molecular complexity index is 929. The van der Waals surface area contributed by atoms with Crippen LogP contribution in [0.2, 0.25) is 0 Å². The standard InChI is InChI=1S/C28H38N2O/c1-27-7-6-20-21(23(27)4-5-26(27)30-29)3-2-19-11-25(31)24(12-22(19)20)28-13-16-8-17(14-28)10-18(9-16)15-28/h11-12,16-18,20-21,23,31H,2-10,13-15,29H2,1H3/b30-26+. The Hall–Kier alpha value is -1.51. The molecule has 3 N–H and O–H groups in total. The van der Waals surface area contributed by atoms with Gasteiger partial charge in [0.05, 0.1) is 0 Å². The monoisotopic (exact) mass is 418 g/mol. The van der Waals surface area contributed by atoms with Gasteiger partial charge in [0.25, 0.3) is 0 Å². The van der Waals surface area contributed by atoms with E-state index in [0.717, 1.165) is 42.4 Å². The summed E-state index contributed by atoms with van der Waals surface area (Å²) in [5, 5.41) is 15.5. The average Bonchev–Trinajstić information content (AvgIpc) is 3.08. The van der Waals surface area contributed by atoms with Gasteiger partial charge in [-0.1, -0.05) is 13.0 Å². The maximum Gasteiger partial charge on any atom is 0.119 e. The van der Waals surface area contributed by atoms with E-state index in [2.05, 4.69) is 24.2 Å². The van der Waals surface area contributed by atoms with Crippen LogP contribution in [-0.4, -0.2) is 10.8 Å². The maximum atomic E-state index is 11.3. The van der Waals surface area contributed by atoms with Gasteiger partial charge in [0.15, 0.2) is 0 Å². The highest BCUT2D eigenvalue weighted by Crippen LogP contribution is 2.64. The fraction of sp³-hybridized carbons (Fsp3) is 0.750. The van der Waals surface area contributed by atoms with E-state index < -0.39 is 0 Å². The van der Waals surface area contributed by atoms with Crippen LogP contribution in [0.1, 0.15) is 100 Å². The van der Waals surface area contributed by atoms with Crippen molar-refractivity contribution in [3.63, 3.8) is 0 Å². The summed E-state index contributed by atoms with van der Waals surface area (Å²) in [5.74, 6) is 11.3. The summed E-state index contributed by atoms with van der Waals surface area (Å²) in [4.78, 5) is 0.